The van der Waals surface area contributed by atoms with Gasteiger partial charge >= 0.3 is 0 Å². The van der Waals surface area contributed by atoms with Gasteiger partial charge in [0.05, 0.1) is 23.2 Å². The first kappa shape index (κ1) is 21.5. The zero-order chi connectivity index (χ0) is 22.2. The van der Waals surface area contributed by atoms with Crippen LogP contribution in [0.15, 0.2) is 66.7 Å². The number of hydrogen-bond donors (Lipinski definition) is 0. The highest BCUT2D eigenvalue weighted by molar-refractivity contribution is 5.90. The summed E-state index contributed by atoms with van der Waals surface area (Å²) in [6.07, 6.45) is 1.62. The Labute approximate surface area is 178 Å². The van der Waals surface area contributed by atoms with E-state index in [1.54, 1.807) is 42.5 Å². The van der Waals surface area contributed by atoms with Crippen molar-refractivity contribution in [3.05, 3.63) is 99.4 Å². The van der Waals surface area contributed by atoms with Crippen LogP contribution in [0.1, 0.15) is 23.6 Å². The molecule has 0 amide bonds. The SMILES string of the molecule is CCOc1cc(C=C(C#N)c2cccc([N+](=O)[O-])c2)ccc1OCc1cccc(F)c1. The summed E-state index contributed by atoms with van der Waals surface area (Å²) in [5, 5.41) is 20.6. The van der Waals surface area contributed by atoms with Crippen LogP contribution in [0, 0.1) is 27.3 Å². The molecule has 0 aliphatic rings. The van der Waals surface area contributed by atoms with Crippen molar-refractivity contribution < 1.29 is 18.8 Å². The van der Waals surface area contributed by atoms with Crippen molar-refractivity contribution in [3.8, 4) is 17.6 Å². The Bertz CT molecular complexity index is 1170. The smallest absolute Gasteiger partial charge is 0.270 e. The molecule has 0 N–H and O–H groups in total. The summed E-state index contributed by atoms with van der Waals surface area (Å²) < 4.78 is 24.8. The van der Waals surface area contributed by atoms with Crippen LogP contribution in [-0.4, -0.2) is 11.5 Å². The lowest BCUT2D eigenvalue weighted by Gasteiger charge is -2.13. The van der Waals surface area contributed by atoms with Crippen molar-refractivity contribution in [1.29, 1.82) is 5.26 Å². The van der Waals surface area contributed by atoms with Crippen molar-refractivity contribution in [2.45, 2.75) is 13.5 Å². The maximum Gasteiger partial charge on any atom is 0.270 e. The Balaban J connectivity index is 1.87. The third kappa shape index (κ3) is 5.67. The number of halogens is 1. The molecule has 6 nitrogen and oxygen atoms in total. The van der Waals surface area contributed by atoms with Crippen molar-refractivity contribution in [2.24, 2.45) is 0 Å². The first-order valence-electron chi connectivity index (χ1n) is 9.51. The predicted molar refractivity (Wildman–Crippen MR) is 115 cm³/mol. The number of nitro benzene ring substituents is 1. The second kappa shape index (κ2) is 10.0. The third-order valence-electron chi connectivity index (χ3n) is 4.35. The van der Waals surface area contributed by atoms with Gasteiger partial charge in [-0.05, 0) is 54.0 Å². The fraction of sp³-hybridized carbons (Fsp3) is 0.125. The van der Waals surface area contributed by atoms with Crippen molar-refractivity contribution in [3.63, 3.8) is 0 Å². The van der Waals surface area contributed by atoms with E-state index < -0.39 is 4.92 Å². The number of hydrogen-bond acceptors (Lipinski definition) is 5. The molecular weight excluding hydrogens is 399 g/mol. The van der Waals surface area contributed by atoms with Crippen molar-refractivity contribution in [1.82, 2.24) is 0 Å². The maximum atomic E-state index is 13.4. The Hall–Kier alpha value is -4.18. The van der Waals surface area contributed by atoms with Gasteiger partial charge in [0.25, 0.3) is 5.69 Å². The normalized spacial score (nSPS) is 10.9. The molecule has 0 atom stereocenters. The van der Waals surface area contributed by atoms with E-state index in [9.17, 15) is 19.8 Å². The Morgan fingerprint density at radius 1 is 1.10 bits per heavy atom. The van der Waals surface area contributed by atoms with Gasteiger partial charge < -0.3 is 9.47 Å². The lowest BCUT2D eigenvalue weighted by atomic mass is 10.0. The molecule has 0 fully saturated rings. The fourth-order valence-corrected chi connectivity index (χ4v) is 2.92. The van der Waals surface area contributed by atoms with Crippen LogP contribution in [0.3, 0.4) is 0 Å². The second-order valence-corrected chi connectivity index (χ2v) is 6.54. The molecule has 0 radical (unpaired) electrons. The standard InChI is InChI=1S/C24H19FN2O4/c1-2-30-24-13-17(9-10-23(24)31-16-18-5-3-7-21(25)12-18)11-20(15-26)19-6-4-8-22(14-19)27(28)29/h3-14H,2,16H2,1H3. The lowest BCUT2D eigenvalue weighted by Crippen LogP contribution is -2.00. The summed E-state index contributed by atoms with van der Waals surface area (Å²) in [7, 11) is 0. The number of nitro groups is 1. The molecule has 0 saturated heterocycles. The predicted octanol–water partition coefficient (Wildman–Crippen LogP) is 5.78. The maximum absolute atomic E-state index is 13.4. The molecule has 156 valence electrons. The molecule has 0 aromatic heterocycles. The molecule has 0 saturated carbocycles. The highest BCUT2D eigenvalue weighted by atomic mass is 19.1. The number of ether oxygens (including phenoxy) is 2. The van der Waals surface area contributed by atoms with E-state index in [0.29, 0.717) is 34.8 Å². The number of non-ortho nitro benzene ring substituents is 1. The number of nitriles is 1. The van der Waals surface area contributed by atoms with Gasteiger partial charge in [0.15, 0.2) is 11.5 Å². The zero-order valence-electron chi connectivity index (χ0n) is 16.7. The van der Waals surface area contributed by atoms with Crippen LogP contribution >= 0.6 is 0 Å². The highest BCUT2D eigenvalue weighted by Gasteiger charge is 2.11. The highest BCUT2D eigenvalue weighted by Crippen LogP contribution is 2.31. The molecule has 0 heterocycles. The van der Waals surface area contributed by atoms with Crippen molar-refractivity contribution >= 4 is 17.3 Å². The van der Waals surface area contributed by atoms with Gasteiger partial charge in [-0.25, -0.2) is 4.39 Å². The van der Waals surface area contributed by atoms with E-state index in [4.69, 9.17) is 9.47 Å². The van der Waals surface area contributed by atoms with Gasteiger partial charge in [-0.3, -0.25) is 10.1 Å². The quantitative estimate of drug-likeness (QED) is 0.200. The van der Waals surface area contributed by atoms with E-state index in [2.05, 4.69) is 6.07 Å². The van der Waals surface area contributed by atoms with Gasteiger partial charge in [0.2, 0.25) is 0 Å². The van der Waals surface area contributed by atoms with Crippen LogP contribution in [0.2, 0.25) is 0 Å². The van der Waals surface area contributed by atoms with E-state index in [0.717, 1.165) is 0 Å². The molecule has 0 aliphatic carbocycles. The molecule has 0 bridgehead atoms. The molecule has 0 spiro atoms. The van der Waals surface area contributed by atoms with Gasteiger partial charge in [0.1, 0.15) is 12.4 Å². The van der Waals surface area contributed by atoms with Crippen LogP contribution in [0.25, 0.3) is 11.6 Å². The summed E-state index contributed by atoms with van der Waals surface area (Å²) in [4.78, 5) is 10.5. The molecule has 31 heavy (non-hydrogen) atoms. The Kier molecular flexibility index (Phi) is 6.97. The van der Waals surface area contributed by atoms with Gasteiger partial charge in [0, 0.05) is 12.1 Å². The average Bonchev–Trinajstić information content (AvgIpc) is 2.77. The molecule has 7 heteroatoms. The third-order valence-corrected chi connectivity index (χ3v) is 4.35. The lowest BCUT2D eigenvalue weighted by molar-refractivity contribution is -0.384. The molecule has 3 aromatic rings. The average molecular weight is 418 g/mol. The monoisotopic (exact) mass is 418 g/mol. The molecule has 0 unspecified atom stereocenters. The molecular formula is C24H19FN2O4. The molecule has 0 aliphatic heterocycles. The van der Waals surface area contributed by atoms with E-state index >= 15 is 0 Å². The van der Waals surface area contributed by atoms with Crippen LogP contribution in [-0.2, 0) is 6.61 Å². The van der Waals surface area contributed by atoms with Crippen LogP contribution in [0.5, 0.6) is 11.5 Å². The summed E-state index contributed by atoms with van der Waals surface area (Å²) in [6.45, 7) is 2.41. The first-order valence-corrected chi connectivity index (χ1v) is 9.51. The largest absolute Gasteiger partial charge is 0.490 e. The Morgan fingerprint density at radius 3 is 2.61 bits per heavy atom. The molecule has 3 aromatic carbocycles. The van der Waals surface area contributed by atoms with Gasteiger partial charge in [-0.2, -0.15) is 5.26 Å². The second-order valence-electron chi connectivity index (χ2n) is 6.54. The number of rotatable bonds is 8. The summed E-state index contributed by atoms with van der Waals surface area (Å²) in [5.41, 5.74) is 1.99. The van der Waals surface area contributed by atoms with Gasteiger partial charge in [-0.1, -0.05) is 30.3 Å². The summed E-state index contributed by atoms with van der Waals surface area (Å²) >= 11 is 0. The number of nitrogens with zero attached hydrogens (tertiary/aromatic N) is 2. The van der Waals surface area contributed by atoms with E-state index in [-0.39, 0.29) is 23.7 Å². The summed E-state index contributed by atoms with van der Waals surface area (Å²) in [5.74, 6) is 0.623. The molecule has 3 rings (SSSR count). The van der Waals surface area contributed by atoms with Crippen LogP contribution in [0.4, 0.5) is 10.1 Å². The topological polar surface area (TPSA) is 85.4 Å². The first-order chi connectivity index (χ1) is 15.0. The minimum absolute atomic E-state index is 0.0882. The minimum Gasteiger partial charge on any atom is -0.490 e. The fourth-order valence-electron chi connectivity index (χ4n) is 2.92. The van der Waals surface area contributed by atoms with Crippen molar-refractivity contribution in [2.75, 3.05) is 6.61 Å². The number of benzene rings is 3. The Morgan fingerprint density at radius 2 is 1.90 bits per heavy atom. The van der Waals surface area contributed by atoms with Gasteiger partial charge in [-0.15, -0.1) is 0 Å². The summed E-state index contributed by atoms with van der Waals surface area (Å²) in [6, 6.07) is 19.3. The number of allylic oxidation sites excluding steroid dienone is 1. The van der Waals surface area contributed by atoms with Crippen LogP contribution < -0.4 is 9.47 Å². The zero-order valence-corrected chi connectivity index (χ0v) is 16.7. The van der Waals surface area contributed by atoms with E-state index in [1.807, 2.05) is 6.92 Å². The van der Waals surface area contributed by atoms with E-state index in [1.165, 1.54) is 30.3 Å². The minimum atomic E-state index is -0.504.